The van der Waals surface area contributed by atoms with Crippen LogP contribution in [0.25, 0.3) is 0 Å². The third kappa shape index (κ3) is 3.10. The van der Waals surface area contributed by atoms with Crippen LogP contribution in [0.1, 0.15) is 18.4 Å². The van der Waals surface area contributed by atoms with Gasteiger partial charge in [-0.15, -0.1) is 0 Å². The van der Waals surface area contributed by atoms with E-state index in [1.54, 1.807) is 0 Å². The SMILES string of the molecule is NC1(C(=O)O)CCN(C2CCN(Cc3ccccc3)C2)C1. The smallest absolute Gasteiger partial charge is 0.325 e. The molecule has 0 spiro atoms. The Hall–Kier alpha value is -1.43. The second-order valence-electron chi connectivity index (χ2n) is 6.34. The van der Waals surface area contributed by atoms with Crippen LogP contribution in [0.3, 0.4) is 0 Å². The Balaban J connectivity index is 1.55. The van der Waals surface area contributed by atoms with E-state index in [-0.39, 0.29) is 0 Å². The fourth-order valence-corrected chi connectivity index (χ4v) is 3.45. The molecule has 1 aromatic carbocycles. The molecule has 2 unspecified atom stereocenters. The quantitative estimate of drug-likeness (QED) is 0.856. The summed E-state index contributed by atoms with van der Waals surface area (Å²) in [5.41, 5.74) is 6.25. The normalized spacial score (nSPS) is 30.8. The number of likely N-dealkylation sites (tertiary alicyclic amines) is 2. The maximum atomic E-state index is 11.2. The predicted octanol–water partition coefficient (Wildman–Crippen LogP) is 0.749. The number of carbonyl (C=O) groups is 1. The molecule has 114 valence electrons. The van der Waals surface area contributed by atoms with Crippen molar-refractivity contribution in [2.75, 3.05) is 26.2 Å². The van der Waals surface area contributed by atoms with Crippen LogP contribution in [0.4, 0.5) is 0 Å². The lowest BCUT2D eigenvalue weighted by Gasteiger charge is -2.26. The van der Waals surface area contributed by atoms with Crippen molar-refractivity contribution in [1.29, 1.82) is 0 Å². The second-order valence-corrected chi connectivity index (χ2v) is 6.34. The van der Waals surface area contributed by atoms with Gasteiger partial charge in [-0.05, 0) is 18.4 Å². The van der Waals surface area contributed by atoms with E-state index >= 15 is 0 Å². The minimum atomic E-state index is -1.05. The van der Waals surface area contributed by atoms with E-state index in [1.165, 1.54) is 5.56 Å². The fourth-order valence-electron chi connectivity index (χ4n) is 3.45. The molecule has 3 N–H and O–H groups in total. The molecule has 0 aromatic heterocycles. The average molecular weight is 289 g/mol. The maximum absolute atomic E-state index is 11.2. The molecule has 5 heteroatoms. The van der Waals surface area contributed by atoms with Crippen LogP contribution >= 0.6 is 0 Å². The van der Waals surface area contributed by atoms with Gasteiger partial charge in [-0.2, -0.15) is 0 Å². The van der Waals surface area contributed by atoms with E-state index in [4.69, 9.17) is 5.73 Å². The van der Waals surface area contributed by atoms with Crippen LogP contribution in [0, 0.1) is 0 Å². The van der Waals surface area contributed by atoms with E-state index < -0.39 is 11.5 Å². The largest absolute Gasteiger partial charge is 0.480 e. The summed E-state index contributed by atoms with van der Waals surface area (Å²) in [4.78, 5) is 15.9. The first-order valence-corrected chi connectivity index (χ1v) is 7.59. The lowest BCUT2D eigenvalue weighted by atomic mass is 10.0. The molecule has 2 aliphatic heterocycles. The first kappa shape index (κ1) is 14.5. The molecule has 0 amide bonds. The van der Waals surface area contributed by atoms with Crippen molar-refractivity contribution in [3.8, 4) is 0 Å². The van der Waals surface area contributed by atoms with Crippen molar-refractivity contribution in [3.05, 3.63) is 35.9 Å². The van der Waals surface area contributed by atoms with Gasteiger partial charge in [0.05, 0.1) is 0 Å². The number of nitrogens with two attached hydrogens (primary N) is 1. The molecule has 2 saturated heterocycles. The highest BCUT2D eigenvalue weighted by atomic mass is 16.4. The van der Waals surface area contributed by atoms with Crippen LogP contribution in [-0.2, 0) is 11.3 Å². The van der Waals surface area contributed by atoms with Crippen molar-refractivity contribution in [2.24, 2.45) is 5.73 Å². The Morgan fingerprint density at radius 3 is 2.76 bits per heavy atom. The number of hydrogen-bond donors (Lipinski definition) is 2. The first-order valence-electron chi connectivity index (χ1n) is 7.59. The molecule has 0 saturated carbocycles. The third-order valence-electron chi connectivity index (χ3n) is 4.77. The molecular formula is C16H23N3O2. The van der Waals surface area contributed by atoms with Gasteiger partial charge in [0, 0.05) is 38.8 Å². The number of rotatable bonds is 4. The highest BCUT2D eigenvalue weighted by Crippen LogP contribution is 2.26. The Labute approximate surface area is 125 Å². The zero-order chi connectivity index (χ0) is 14.9. The van der Waals surface area contributed by atoms with Crippen LogP contribution in [0.2, 0.25) is 0 Å². The minimum absolute atomic E-state index is 0.443. The molecule has 2 aliphatic rings. The molecule has 2 heterocycles. The second kappa shape index (κ2) is 5.75. The molecule has 1 aromatic rings. The average Bonchev–Trinajstić information content (AvgIpc) is 3.08. The summed E-state index contributed by atoms with van der Waals surface area (Å²) in [5.74, 6) is -0.871. The molecule has 2 fully saturated rings. The molecule has 0 aliphatic carbocycles. The Morgan fingerprint density at radius 2 is 2.10 bits per heavy atom. The van der Waals surface area contributed by atoms with Crippen molar-refractivity contribution in [1.82, 2.24) is 9.80 Å². The molecule has 2 atom stereocenters. The summed E-state index contributed by atoms with van der Waals surface area (Å²) >= 11 is 0. The molecular weight excluding hydrogens is 266 g/mol. The van der Waals surface area contributed by atoms with Crippen molar-refractivity contribution in [3.63, 3.8) is 0 Å². The van der Waals surface area contributed by atoms with Gasteiger partial charge in [-0.1, -0.05) is 30.3 Å². The number of carboxylic acids is 1. The molecule has 0 bridgehead atoms. The van der Waals surface area contributed by atoms with E-state index in [0.29, 0.717) is 19.0 Å². The molecule has 3 rings (SSSR count). The molecule has 0 radical (unpaired) electrons. The van der Waals surface area contributed by atoms with Crippen molar-refractivity contribution >= 4 is 5.97 Å². The van der Waals surface area contributed by atoms with Crippen molar-refractivity contribution < 1.29 is 9.90 Å². The standard InChI is InChI=1S/C16H23N3O2/c17-16(15(20)21)7-9-19(12-16)14-6-8-18(11-14)10-13-4-2-1-3-5-13/h1-5,14H,6-12,17H2,(H,20,21). The zero-order valence-electron chi connectivity index (χ0n) is 12.2. The van der Waals surface area contributed by atoms with Crippen LogP contribution in [0.5, 0.6) is 0 Å². The molecule has 21 heavy (non-hydrogen) atoms. The minimum Gasteiger partial charge on any atom is -0.480 e. The van der Waals surface area contributed by atoms with E-state index in [2.05, 4.69) is 34.1 Å². The Bertz CT molecular complexity index is 508. The summed E-state index contributed by atoms with van der Waals surface area (Å²) in [6, 6.07) is 10.9. The summed E-state index contributed by atoms with van der Waals surface area (Å²) in [7, 11) is 0. The van der Waals surface area contributed by atoms with Gasteiger partial charge in [0.15, 0.2) is 0 Å². The van der Waals surface area contributed by atoms with Gasteiger partial charge in [-0.3, -0.25) is 14.6 Å². The summed E-state index contributed by atoms with van der Waals surface area (Å²) < 4.78 is 0. The number of carboxylic acid groups (broad SMARTS) is 1. The highest BCUT2D eigenvalue weighted by Gasteiger charge is 2.44. The number of hydrogen-bond acceptors (Lipinski definition) is 4. The van der Waals surface area contributed by atoms with Gasteiger partial charge in [0.2, 0.25) is 0 Å². The van der Waals surface area contributed by atoms with Crippen LogP contribution < -0.4 is 5.73 Å². The van der Waals surface area contributed by atoms with Gasteiger partial charge < -0.3 is 10.8 Å². The van der Waals surface area contributed by atoms with Crippen LogP contribution in [0.15, 0.2) is 30.3 Å². The van der Waals surface area contributed by atoms with Crippen molar-refractivity contribution in [2.45, 2.75) is 31.0 Å². The third-order valence-corrected chi connectivity index (χ3v) is 4.77. The number of nitrogens with zero attached hydrogens (tertiary/aromatic N) is 2. The Morgan fingerprint density at radius 1 is 1.33 bits per heavy atom. The Kier molecular flexibility index (Phi) is 3.97. The topological polar surface area (TPSA) is 69.8 Å². The van der Waals surface area contributed by atoms with Crippen LogP contribution in [-0.4, -0.2) is 58.6 Å². The number of benzene rings is 1. The summed E-state index contributed by atoms with van der Waals surface area (Å²) in [5, 5.41) is 9.22. The lowest BCUT2D eigenvalue weighted by Crippen LogP contribution is -2.51. The van der Waals surface area contributed by atoms with Gasteiger partial charge >= 0.3 is 5.97 Å². The summed E-state index contributed by atoms with van der Waals surface area (Å²) in [6.07, 6.45) is 1.65. The van der Waals surface area contributed by atoms with E-state index in [0.717, 1.165) is 32.6 Å². The molecule has 5 nitrogen and oxygen atoms in total. The maximum Gasteiger partial charge on any atom is 0.325 e. The first-order chi connectivity index (χ1) is 10.1. The zero-order valence-corrected chi connectivity index (χ0v) is 12.2. The monoisotopic (exact) mass is 289 g/mol. The number of aliphatic carboxylic acids is 1. The van der Waals surface area contributed by atoms with Gasteiger partial charge in [-0.25, -0.2) is 0 Å². The predicted molar refractivity (Wildman–Crippen MR) is 80.9 cm³/mol. The summed E-state index contributed by atoms with van der Waals surface area (Å²) in [6.45, 7) is 4.32. The van der Waals surface area contributed by atoms with Gasteiger partial charge in [0.1, 0.15) is 5.54 Å². The lowest BCUT2D eigenvalue weighted by molar-refractivity contribution is -0.142. The van der Waals surface area contributed by atoms with E-state index in [9.17, 15) is 9.90 Å². The highest BCUT2D eigenvalue weighted by molar-refractivity contribution is 5.79. The fraction of sp³-hybridized carbons (Fsp3) is 0.562. The van der Waals surface area contributed by atoms with E-state index in [1.807, 2.05) is 6.07 Å². The van der Waals surface area contributed by atoms with Gasteiger partial charge in [0.25, 0.3) is 0 Å².